The Bertz CT molecular complexity index is 1320. The molecule has 3 heterocycles. The molecule has 0 radical (unpaired) electrons. The van der Waals surface area contributed by atoms with Gasteiger partial charge in [-0.15, -0.1) is 11.3 Å². The second kappa shape index (κ2) is 7.43. The van der Waals surface area contributed by atoms with E-state index in [1.807, 2.05) is 22.8 Å². The van der Waals surface area contributed by atoms with Crippen LogP contribution in [0.1, 0.15) is 5.56 Å². The number of aromatic nitrogens is 3. The summed E-state index contributed by atoms with van der Waals surface area (Å²) >= 11 is 15.0. The van der Waals surface area contributed by atoms with Crippen LogP contribution >= 0.6 is 34.5 Å². The number of benzene rings is 2. The minimum absolute atomic E-state index is 0.543. The van der Waals surface area contributed by atoms with E-state index in [4.69, 9.17) is 28.9 Å². The van der Waals surface area contributed by atoms with Crippen molar-refractivity contribution < 1.29 is 0 Å². The van der Waals surface area contributed by atoms with Gasteiger partial charge in [-0.1, -0.05) is 35.3 Å². The fourth-order valence-electron chi connectivity index (χ4n) is 3.62. The summed E-state index contributed by atoms with van der Waals surface area (Å²) in [6, 6.07) is 14.3. The minimum atomic E-state index is 0.543. The van der Waals surface area contributed by atoms with Gasteiger partial charge in [-0.2, -0.15) is 0 Å². The zero-order chi connectivity index (χ0) is 20.0. The molecule has 144 valence electrons. The Labute approximate surface area is 181 Å². The van der Waals surface area contributed by atoms with Crippen molar-refractivity contribution in [2.24, 2.45) is 5.73 Å². The van der Waals surface area contributed by atoms with Crippen LogP contribution in [0.3, 0.4) is 0 Å². The Hall–Kier alpha value is -2.44. The molecule has 2 aromatic carbocycles. The normalized spacial score (nSPS) is 11.6. The summed E-state index contributed by atoms with van der Waals surface area (Å²) in [7, 11) is 0. The van der Waals surface area contributed by atoms with E-state index in [1.54, 1.807) is 23.9 Å². The molecule has 0 saturated carbocycles. The summed E-state index contributed by atoms with van der Waals surface area (Å²) in [6.45, 7) is 0.543. The molecule has 0 aliphatic carbocycles. The Morgan fingerprint density at radius 1 is 1.00 bits per heavy atom. The van der Waals surface area contributed by atoms with Gasteiger partial charge < -0.3 is 5.73 Å². The molecule has 0 bridgehead atoms. The summed E-state index contributed by atoms with van der Waals surface area (Å²) in [4.78, 5) is 10.3. The molecule has 0 fully saturated rings. The molecule has 0 amide bonds. The first-order valence-electron chi connectivity index (χ1n) is 9.14. The topological polar surface area (TPSA) is 56.7 Å². The number of rotatable bonds is 4. The number of nitrogens with zero attached hydrogens (tertiary/aromatic N) is 3. The molecule has 2 N–H and O–H groups in total. The maximum Gasteiger partial charge on any atom is 0.108 e. The lowest BCUT2D eigenvalue weighted by atomic mass is 10.1. The van der Waals surface area contributed by atoms with E-state index < -0.39 is 0 Å². The zero-order valence-electron chi connectivity index (χ0n) is 15.3. The van der Waals surface area contributed by atoms with Gasteiger partial charge in [0.25, 0.3) is 0 Å². The molecular weight excluding hydrogens is 423 g/mol. The SMILES string of the molecule is NCCc1cc(Cl)c(-n2cnc3cnc4ccc(-c5cccs5)cc4c32)c(Cl)c1. The lowest BCUT2D eigenvalue weighted by Crippen LogP contribution is -2.04. The third-order valence-corrected chi connectivity index (χ3v) is 6.42. The van der Waals surface area contributed by atoms with Crippen LogP contribution in [0.2, 0.25) is 10.0 Å². The fraction of sp³-hybridized carbons (Fsp3) is 0.0909. The minimum Gasteiger partial charge on any atom is -0.330 e. The number of fused-ring (bicyclic) bond motifs is 3. The average molecular weight is 439 g/mol. The molecule has 0 unspecified atom stereocenters. The van der Waals surface area contributed by atoms with Gasteiger partial charge in [0, 0.05) is 10.3 Å². The summed E-state index contributed by atoms with van der Waals surface area (Å²) in [5, 5.41) is 4.22. The average Bonchev–Trinajstić information content (AvgIpc) is 3.38. The van der Waals surface area contributed by atoms with Crippen LogP contribution in [-0.2, 0) is 6.42 Å². The van der Waals surface area contributed by atoms with Crippen molar-refractivity contribution >= 4 is 56.5 Å². The number of thiophene rings is 1. The molecule has 0 spiro atoms. The van der Waals surface area contributed by atoms with E-state index in [-0.39, 0.29) is 0 Å². The highest BCUT2D eigenvalue weighted by atomic mass is 35.5. The molecule has 3 aromatic heterocycles. The fourth-order valence-corrected chi connectivity index (χ4v) is 5.06. The molecule has 5 rings (SSSR count). The number of hydrogen-bond donors (Lipinski definition) is 1. The molecule has 29 heavy (non-hydrogen) atoms. The molecule has 0 aliphatic rings. The van der Waals surface area contributed by atoms with Gasteiger partial charge in [0.2, 0.25) is 0 Å². The van der Waals surface area contributed by atoms with E-state index in [9.17, 15) is 0 Å². The zero-order valence-corrected chi connectivity index (χ0v) is 17.6. The van der Waals surface area contributed by atoms with Gasteiger partial charge in [0.1, 0.15) is 11.8 Å². The van der Waals surface area contributed by atoms with Crippen molar-refractivity contribution in [1.82, 2.24) is 14.5 Å². The van der Waals surface area contributed by atoms with Gasteiger partial charge in [-0.05, 0) is 59.8 Å². The van der Waals surface area contributed by atoms with Gasteiger partial charge in [0.05, 0.1) is 33.0 Å². The molecule has 4 nitrogen and oxygen atoms in total. The molecule has 7 heteroatoms. The van der Waals surface area contributed by atoms with E-state index in [0.717, 1.165) is 39.5 Å². The van der Waals surface area contributed by atoms with Crippen molar-refractivity contribution in [2.45, 2.75) is 6.42 Å². The first-order chi connectivity index (χ1) is 14.2. The van der Waals surface area contributed by atoms with Gasteiger partial charge in [0.15, 0.2) is 0 Å². The first-order valence-corrected chi connectivity index (χ1v) is 10.8. The highest BCUT2D eigenvalue weighted by molar-refractivity contribution is 7.13. The quantitative estimate of drug-likeness (QED) is 0.368. The van der Waals surface area contributed by atoms with Crippen LogP contribution in [-0.4, -0.2) is 21.1 Å². The van der Waals surface area contributed by atoms with E-state index in [0.29, 0.717) is 22.3 Å². The molecule has 0 aliphatic heterocycles. The van der Waals surface area contributed by atoms with Crippen LogP contribution < -0.4 is 5.73 Å². The molecule has 0 saturated heterocycles. The van der Waals surface area contributed by atoms with Crippen molar-refractivity contribution in [2.75, 3.05) is 6.54 Å². The number of halogens is 2. The number of nitrogens with two attached hydrogens (primary N) is 1. The van der Waals surface area contributed by atoms with Crippen LogP contribution in [0.4, 0.5) is 0 Å². The predicted octanol–water partition coefficient (Wildman–Crippen LogP) is 6.11. The lowest BCUT2D eigenvalue weighted by Gasteiger charge is -2.13. The number of pyridine rings is 1. The van der Waals surface area contributed by atoms with Gasteiger partial charge in [-0.3, -0.25) is 9.55 Å². The second-order valence-electron chi connectivity index (χ2n) is 6.76. The molecule has 5 aromatic rings. The van der Waals surface area contributed by atoms with E-state index >= 15 is 0 Å². The maximum absolute atomic E-state index is 6.64. The van der Waals surface area contributed by atoms with Gasteiger partial charge in [-0.25, -0.2) is 4.98 Å². The van der Waals surface area contributed by atoms with E-state index in [2.05, 4.69) is 39.6 Å². The summed E-state index contributed by atoms with van der Waals surface area (Å²) in [5.74, 6) is 0. The smallest absolute Gasteiger partial charge is 0.108 e. The van der Waals surface area contributed by atoms with Crippen molar-refractivity contribution in [3.05, 3.63) is 76.0 Å². The van der Waals surface area contributed by atoms with Crippen molar-refractivity contribution in [3.63, 3.8) is 0 Å². The molecular formula is C22H16Cl2N4S. The third-order valence-electron chi connectivity index (χ3n) is 4.93. The highest BCUT2D eigenvalue weighted by Gasteiger charge is 2.16. The maximum atomic E-state index is 6.64. The Morgan fingerprint density at radius 3 is 2.55 bits per heavy atom. The number of imidazole rings is 1. The third kappa shape index (κ3) is 3.20. The second-order valence-corrected chi connectivity index (χ2v) is 8.52. The number of hydrogen-bond acceptors (Lipinski definition) is 4. The molecule has 0 atom stereocenters. The Kier molecular flexibility index (Phi) is 4.76. The summed E-state index contributed by atoms with van der Waals surface area (Å²) < 4.78 is 1.95. The monoisotopic (exact) mass is 438 g/mol. The lowest BCUT2D eigenvalue weighted by molar-refractivity contribution is 0.966. The van der Waals surface area contributed by atoms with Crippen LogP contribution in [0.25, 0.3) is 38.1 Å². The van der Waals surface area contributed by atoms with Crippen LogP contribution in [0.15, 0.2) is 60.4 Å². The highest BCUT2D eigenvalue weighted by Crippen LogP contribution is 2.36. The Balaban J connectivity index is 1.78. The Morgan fingerprint density at radius 2 is 1.83 bits per heavy atom. The van der Waals surface area contributed by atoms with Crippen LogP contribution in [0.5, 0.6) is 0 Å². The van der Waals surface area contributed by atoms with Crippen molar-refractivity contribution in [1.29, 1.82) is 0 Å². The summed E-state index contributed by atoms with van der Waals surface area (Å²) in [6.07, 6.45) is 4.25. The predicted molar refractivity (Wildman–Crippen MR) is 122 cm³/mol. The standard InChI is InChI=1S/C22H16Cl2N4S/c23-16-8-13(5-6-25)9-17(24)22(16)28-12-27-19-11-26-18-4-3-14(10-15(18)21(19)28)20-2-1-7-29-20/h1-4,7-12H,5-6,25H2. The van der Waals surface area contributed by atoms with Crippen LogP contribution in [0, 0.1) is 0 Å². The van der Waals surface area contributed by atoms with E-state index in [1.165, 1.54) is 4.88 Å². The largest absolute Gasteiger partial charge is 0.330 e. The van der Waals surface area contributed by atoms with Crippen molar-refractivity contribution in [3.8, 4) is 16.1 Å². The van der Waals surface area contributed by atoms with Gasteiger partial charge >= 0.3 is 0 Å². The summed E-state index contributed by atoms with van der Waals surface area (Å²) in [5.41, 5.74) is 11.2. The first kappa shape index (κ1) is 18.6.